The van der Waals surface area contributed by atoms with Gasteiger partial charge in [0.05, 0.1) is 14.2 Å². The normalized spacial score (nSPS) is 26.5. The van der Waals surface area contributed by atoms with E-state index in [0.717, 1.165) is 37.3 Å². The molecule has 0 saturated heterocycles. The molecule has 0 amide bonds. The number of hydrogen-bond acceptors (Lipinski definition) is 3. The van der Waals surface area contributed by atoms with E-state index < -0.39 is 0 Å². The van der Waals surface area contributed by atoms with Crippen molar-refractivity contribution in [3.8, 4) is 0 Å². The van der Waals surface area contributed by atoms with Gasteiger partial charge in [0.1, 0.15) is 11.5 Å². The SMILES string of the molecule is COC1=C(OC)CC2=C(CCNC2C)C1. The van der Waals surface area contributed by atoms with Crippen LogP contribution in [0.25, 0.3) is 0 Å². The fourth-order valence-corrected chi connectivity index (χ4v) is 2.45. The summed E-state index contributed by atoms with van der Waals surface area (Å²) in [6.45, 7) is 3.30. The summed E-state index contributed by atoms with van der Waals surface area (Å²) in [5.74, 6) is 2.00. The van der Waals surface area contributed by atoms with Gasteiger partial charge in [-0.1, -0.05) is 5.57 Å². The van der Waals surface area contributed by atoms with Crippen molar-refractivity contribution in [1.82, 2.24) is 5.32 Å². The molecule has 3 heteroatoms. The summed E-state index contributed by atoms with van der Waals surface area (Å²) in [6, 6.07) is 0.484. The monoisotopic (exact) mass is 209 g/mol. The van der Waals surface area contributed by atoms with Crippen molar-refractivity contribution < 1.29 is 9.47 Å². The Morgan fingerprint density at radius 3 is 2.47 bits per heavy atom. The first-order chi connectivity index (χ1) is 7.26. The van der Waals surface area contributed by atoms with Crippen molar-refractivity contribution >= 4 is 0 Å². The van der Waals surface area contributed by atoms with Gasteiger partial charge in [-0.2, -0.15) is 0 Å². The molecule has 0 radical (unpaired) electrons. The molecular formula is C12H19NO2. The smallest absolute Gasteiger partial charge is 0.137 e. The van der Waals surface area contributed by atoms with Gasteiger partial charge < -0.3 is 14.8 Å². The lowest BCUT2D eigenvalue weighted by Gasteiger charge is -2.32. The van der Waals surface area contributed by atoms with Crippen molar-refractivity contribution in [3.63, 3.8) is 0 Å². The molecule has 3 nitrogen and oxygen atoms in total. The summed E-state index contributed by atoms with van der Waals surface area (Å²) in [5, 5.41) is 3.48. The fraction of sp³-hybridized carbons (Fsp3) is 0.667. The zero-order valence-corrected chi connectivity index (χ0v) is 9.72. The second-order valence-corrected chi connectivity index (χ2v) is 4.16. The molecule has 1 aliphatic carbocycles. The molecule has 1 unspecified atom stereocenters. The number of ether oxygens (including phenoxy) is 2. The van der Waals surface area contributed by atoms with Gasteiger partial charge in [-0.05, 0) is 25.5 Å². The minimum Gasteiger partial charge on any atom is -0.497 e. The van der Waals surface area contributed by atoms with E-state index in [4.69, 9.17) is 9.47 Å². The van der Waals surface area contributed by atoms with Crippen molar-refractivity contribution in [1.29, 1.82) is 0 Å². The molecule has 0 fully saturated rings. The van der Waals surface area contributed by atoms with Crippen molar-refractivity contribution in [3.05, 3.63) is 22.7 Å². The van der Waals surface area contributed by atoms with E-state index in [9.17, 15) is 0 Å². The highest BCUT2D eigenvalue weighted by Gasteiger charge is 2.27. The summed E-state index contributed by atoms with van der Waals surface area (Å²) in [4.78, 5) is 0. The van der Waals surface area contributed by atoms with E-state index in [1.54, 1.807) is 19.8 Å². The maximum Gasteiger partial charge on any atom is 0.137 e. The van der Waals surface area contributed by atoms with Crippen LogP contribution >= 0.6 is 0 Å². The Hall–Kier alpha value is -0.960. The quantitative estimate of drug-likeness (QED) is 0.705. The number of rotatable bonds is 2. The number of nitrogens with one attached hydrogen (secondary N) is 1. The van der Waals surface area contributed by atoms with Gasteiger partial charge in [0.2, 0.25) is 0 Å². The summed E-state index contributed by atoms with van der Waals surface area (Å²) in [7, 11) is 3.45. The predicted octanol–water partition coefficient (Wildman–Crippen LogP) is 1.96. The van der Waals surface area contributed by atoms with E-state index in [-0.39, 0.29) is 0 Å². The van der Waals surface area contributed by atoms with Crippen molar-refractivity contribution in [2.75, 3.05) is 20.8 Å². The van der Waals surface area contributed by atoms with E-state index in [0.29, 0.717) is 6.04 Å². The van der Waals surface area contributed by atoms with Crippen LogP contribution in [0.5, 0.6) is 0 Å². The lowest BCUT2D eigenvalue weighted by atomic mass is 9.86. The third-order valence-electron chi connectivity index (χ3n) is 3.38. The van der Waals surface area contributed by atoms with Crippen molar-refractivity contribution in [2.24, 2.45) is 0 Å². The van der Waals surface area contributed by atoms with Crippen LogP contribution in [0.4, 0.5) is 0 Å². The minimum absolute atomic E-state index is 0.484. The zero-order valence-electron chi connectivity index (χ0n) is 9.72. The molecular weight excluding hydrogens is 190 g/mol. The number of methoxy groups -OCH3 is 2. The average molecular weight is 209 g/mol. The molecule has 84 valence electrons. The third-order valence-corrected chi connectivity index (χ3v) is 3.38. The molecule has 0 aromatic carbocycles. The molecule has 0 spiro atoms. The van der Waals surface area contributed by atoms with E-state index in [1.807, 2.05) is 0 Å². The summed E-state index contributed by atoms with van der Waals surface area (Å²) >= 11 is 0. The van der Waals surface area contributed by atoms with Crippen LogP contribution in [0.2, 0.25) is 0 Å². The van der Waals surface area contributed by atoms with Crippen LogP contribution in [-0.2, 0) is 9.47 Å². The molecule has 2 rings (SSSR count). The van der Waals surface area contributed by atoms with Crippen LogP contribution in [-0.4, -0.2) is 26.8 Å². The highest BCUT2D eigenvalue weighted by molar-refractivity contribution is 5.34. The first kappa shape index (κ1) is 10.6. The second kappa shape index (κ2) is 4.27. The molecule has 15 heavy (non-hydrogen) atoms. The van der Waals surface area contributed by atoms with E-state index in [2.05, 4.69) is 12.2 Å². The van der Waals surface area contributed by atoms with Gasteiger partial charge in [-0.15, -0.1) is 0 Å². The van der Waals surface area contributed by atoms with Crippen LogP contribution in [0.3, 0.4) is 0 Å². The van der Waals surface area contributed by atoms with Gasteiger partial charge in [0, 0.05) is 18.9 Å². The summed E-state index contributed by atoms with van der Waals surface area (Å²) < 4.78 is 10.8. The van der Waals surface area contributed by atoms with Crippen LogP contribution in [0.1, 0.15) is 26.2 Å². The van der Waals surface area contributed by atoms with Crippen LogP contribution in [0.15, 0.2) is 22.7 Å². The second-order valence-electron chi connectivity index (χ2n) is 4.16. The molecule has 0 aromatic heterocycles. The highest BCUT2D eigenvalue weighted by Crippen LogP contribution is 2.35. The highest BCUT2D eigenvalue weighted by atomic mass is 16.5. The molecule has 1 N–H and O–H groups in total. The maximum atomic E-state index is 5.38. The lowest BCUT2D eigenvalue weighted by molar-refractivity contribution is 0.203. The van der Waals surface area contributed by atoms with Gasteiger partial charge >= 0.3 is 0 Å². The van der Waals surface area contributed by atoms with Gasteiger partial charge in [0.15, 0.2) is 0 Å². The molecule has 0 saturated carbocycles. The standard InChI is InChI=1S/C12H19NO2/c1-8-10-7-12(15-3)11(14-2)6-9(10)4-5-13-8/h8,13H,4-7H2,1-3H3. The van der Waals surface area contributed by atoms with E-state index >= 15 is 0 Å². The number of allylic oxidation sites excluding steroid dienone is 2. The first-order valence-electron chi connectivity index (χ1n) is 5.50. The Bertz CT molecular complexity index is 318. The van der Waals surface area contributed by atoms with Crippen LogP contribution in [0, 0.1) is 0 Å². The van der Waals surface area contributed by atoms with Crippen LogP contribution < -0.4 is 5.32 Å². The van der Waals surface area contributed by atoms with Gasteiger partial charge in [-0.3, -0.25) is 0 Å². The Kier molecular flexibility index (Phi) is 3.00. The third kappa shape index (κ3) is 1.88. The molecule has 1 aliphatic heterocycles. The molecule has 1 atom stereocenters. The maximum absolute atomic E-state index is 5.38. The Morgan fingerprint density at radius 1 is 1.13 bits per heavy atom. The largest absolute Gasteiger partial charge is 0.497 e. The van der Waals surface area contributed by atoms with Gasteiger partial charge in [0.25, 0.3) is 0 Å². The minimum atomic E-state index is 0.484. The Balaban J connectivity index is 2.23. The number of hydrogen-bond donors (Lipinski definition) is 1. The molecule has 0 bridgehead atoms. The zero-order chi connectivity index (χ0) is 10.8. The van der Waals surface area contributed by atoms with Crippen molar-refractivity contribution in [2.45, 2.75) is 32.2 Å². The van der Waals surface area contributed by atoms with Gasteiger partial charge in [-0.25, -0.2) is 0 Å². The summed E-state index contributed by atoms with van der Waals surface area (Å²) in [5.41, 5.74) is 3.04. The Morgan fingerprint density at radius 2 is 1.80 bits per heavy atom. The Labute approximate surface area is 91.1 Å². The molecule has 1 heterocycles. The predicted molar refractivity (Wildman–Crippen MR) is 59.4 cm³/mol. The van der Waals surface area contributed by atoms with E-state index in [1.165, 1.54) is 5.57 Å². The lowest BCUT2D eigenvalue weighted by Crippen LogP contribution is -2.35. The first-order valence-corrected chi connectivity index (χ1v) is 5.50. The average Bonchev–Trinajstić information content (AvgIpc) is 2.28. The molecule has 0 aromatic rings. The fourth-order valence-electron chi connectivity index (χ4n) is 2.45. The summed E-state index contributed by atoms with van der Waals surface area (Å²) in [6.07, 6.45) is 2.98. The topological polar surface area (TPSA) is 30.5 Å². The molecule has 2 aliphatic rings.